The molecule has 6 heteroatoms. The summed E-state index contributed by atoms with van der Waals surface area (Å²) in [5.74, 6) is 1.55. The lowest BCUT2D eigenvalue weighted by Crippen LogP contribution is -2.03. The lowest BCUT2D eigenvalue weighted by Gasteiger charge is -2.05. The molecule has 0 unspecified atom stereocenters. The molecule has 17 heavy (non-hydrogen) atoms. The SMILES string of the molecule is Cc1nc(Br)cc(NCc2cn(C)nc2C)n1. The highest BCUT2D eigenvalue weighted by Crippen LogP contribution is 2.13. The van der Waals surface area contributed by atoms with E-state index in [2.05, 4.69) is 36.3 Å². The molecule has 2 rings (SSSR count). The van der Waals surface area contributed by atoms with Crippen LogP contribution in [0.5, 0.6) is 0 Å². The molecule has 0 aliphatic carbocycles. The Balaban J connectivity index is 2.09. The number of aryl methyl sites for hydroxylation is 3. The van der Waals surface area contributed by atoms with Crippen LogP contribution < -0.4 is 5.32 Å². The number of rotatable bonds is 3. The molecule has 0 radical (unpaired) electrons. The van der Waals surface area contributed by atoms with Gasteiger partial charge in [-0.2, -0.15) is 5.10 Å². The topological polar surface area (TPSA) is 55.6 Å². The standard InChI is InChI=1S/C11H14BrN5/c1-7-9(6-17(3)16-7)5-13-11-4-10(12)14-8(2)15-11/h4,6H,5H2,1-3H3,(H,13,14,15). The summed E-state index contributed by atoms with van der Waals surface area (Å²) in [6, 6.07) is 1.86. The van der Waals surface area contributed by atoms with E-state index in [1.54, 1.807) is 0 Å². The van der Waals surface area contributed by atoms with Crippen molar-refractivity contribution >= 4 is 21.7 Å². The molecule has 0 saturated heterocycles. The summed E-state index contributed by atoms with van der Waals surface area (Å²) in [6.07, 6.45) is 2.01. The quantitative estimate of drug-likeness (QED) is 0.882. The molecule has 0 bridgehead atoms. The second kappa shape index (κ2) is 4.83. The minimum Gasteiger partial charge on any atom is -0.366 e. The normalized spacial score (nSPS) is 10.6. The second-order valence-corrected chi connectivity index (χ2v) is 4.70. The van der Waals surface area contributed by atoms with Crippen LogP contribution in [0.15, 0.2) is 16.9 Å². The third-order valence-electron chi connectivity index (χ3n) is 2.38. The van der Waals surface area contributed by atoms with Crippen LogP contribution in [0.1, 0.15) is 17.1 Å². The van der Waals surface area contributed by atoms with Gasteiger partial charge in [0.2, 0.25) is 0 Å². The van der Waals surface area contributed by atoms with Gasteiger partial charge in [-0.25, -0.2) is 9.97 Å². The predicted octanol–water partition coefficient (Wildman–Crippen LogP) is 2.20. The van der Waals surface area contributed by atoms with Gasteiger partial charge < -0.3 is 5.32 Å². The number of nitrogens with one attached hydrogen (secondary N) is 1. The summed E-state index contributed by atoms with van der Waals surface area (Å²) in [4.78, 5) is 8.47. The minimum absolute atomic E-state index is 0.711. The van der Waals surface area contributed by atoms with E-state index in [1.165, 1.54) is 5.56 Å². The van der Waals surface area contributed by atoms with Crippen molar-refractivity contribution in [2.45, 2.75) is 20.4 Å². The molecule has 0 amide bonds. The molecule has 0 aliphatic rings. The molecule has 0 aromatic carbocycles. The van der Waals surface area contributed by atoms with Gasteiger partial charge in [0.25, 0.3) is 0 Å². The molecule has 2 heterocycles. The molecule has 0 spiro atoms. The van der Waals surface area contributed by atoms with Gasteiger partial charge >= 0.3 is 0 Å². The fraction of sp³-hybridized carbons (Fsp3) is 0.364. The van der Waals surface area contributed by atoms with Crippen molar-refractivity contribution in [1.82, 2.24) is 19.7 Å². The summed E-state index contributed by atoms with van der Waals surface area (Å²) < 4.78 is 2.60. The molecule has 0 aliphatic heterocycles. The van der Waals surface area contributed by atoms with Crippen molar-refractivity contribution < 1.29 is 0 Å². The molecule has 5 nitrogen and oxygen atoms in total. The zero-order valence-corrected chi connectivity index (χ0v) is 11.6. The van der Waals surface area contributed by atoms with Crippen molar-refractivity contribution in [3.05, 3.63) is 33.9 Å². The Morgan fingerprint density at radius 2 is 2.12 bits per heavy atom. The van der Waals surface area contributed by atoms with Gasteiger partial charge in [0.1, 0.15) is 16.2 Å². The van der Waals surface area contributed by atoms with Crippen molar-refractivity contribution in [1.29, 1.82) is 0 Å². The van der Waals surface area contributed by atoms with Crippen LogP contribution in [-0.4, -0.2) is 19.7 Å². The van der Waals surface area contributed by atoms with Crippen LogP contribution in [0.25, 0.3) is 0 Å². The Morgan fingerprint density at radius 1 is 1.35 bits per heavy atom. The number of hydrogen-bond acceptors (Lipinski definition) is 4. The third kappa shape index (κ3) is 3.03. The van der Waals surface area contributed by atoms with Crippen LogP contribution in [0, 0.1) is 13.8 Å². The molecule has 2 aromatic heterocycles. The first-order chi connectivity index (χ1) is 8.04. The highest BCUT2D eigenvalue weighted by atomic mass is 79.9. The first kappa shape index (κ1) is 12.0. The first-order valence-electron chi connectivity index (χ1n) is 5.29. The Bertz CT molecular complexity index is 514. The van der Waals surface area contributed by atoms with E-state index in [9.17, 15) is 0 Å². The molecule has 0 atom stereocenters. The Kier molecular flexibility index (Phi) is 3.42. The maximum absolute atomic E-state index is 4.31. The van der Waals surface area contributed by atoms with Crippen LogP contribution in [-0.2, 0) is 13.6 Å². The van der Waals surface area contributed by atoms with Crippen molar-refractivity contribution in [2.24, 2.45) is 7.05 Å². The average Bonchev–Trinajstić information content (AvgIpc) is 2.53. The van der Waals surface area contributed by atoms with E-state index in [-0.39, 0.29) is 0 Å². The second-order valence-electron chi connectivity index (χ2n) is 3.89. The maximum atomic E-state index is 4.31. The van der Waals surface area contributed by atoms with E-state index in [0.717, 1.165) is 21.9 Å². The van der Waals surface area contributed by atoms with Gasteiger partial charge in [-0.3, -0.25) is 4.68 Å². The van der Waals surface area contributed by atoms with Crippen molar-refractivity contribution in [3.63, 3.8) is 0 Å². The van der Waals surface area contributed by atoms with E-state index in [0.29, 0.717) is 6.54 Å². The number of anilines is 1. The highest BCUT2D eigenvalue weighted by Gasteiger charge is 2.04. The fourth-order valence-electron chi connectivity index (χ4n) is 1.63. The summed E-state index contributed by atoms with van der Waals surface area (Å²) in [5, 5.41) is 7.56. The monoisotopic (exact) mass is 295 g/mol. The largest absolute Gasteiger partial charge is 0.366 e. The molecular weight excluding hydrogens is 282 g/mol. The van der Waals surface area contributed by atoms with Crippen LogP contribution in [0.4, 0.5) is 5.82 Å². The third-order valence-corrected chi connectivity index (χ3v) is 2.79. The minimum atomic E-state index is 0.711. The molecule has 1 N–H and O–H groups in total. The summed E-state index contributed by atoms with van der Waals surface area (Å²) in [5.41, 5.74) is 2.20. The van der Waals surface area contributed by atoms with E-state index in [4.69, 9.17) is 0 Å². The Morgan fingerprint density at radius 3 is 2.71 bits per heavy atom. The van der Waals surface area contributed by atoms with E-state index in [1.807, 2.05) is 37.8 Å². The fourth-order valence-corrected chi connectivity index (χ4v) is 2.10. The van der Waals surface area contributed by atoms with Crippen LogP contribution in [0.3, 0.4) is 0 Å². The Hall–Kier alpha value is -1.43. The average molecular weight is 296 g/mol. The van der Waals surface area contributed by atoms with Gasteiger partial charge in [0.05, 0.1) is 5.69 Å². The predicted molar refractivity (Wildman–Crippen MR) is 69.7 cm³/mol. The Labute approximate surface area is 108 Å². The number of halogens is 1. The van der Waals surface area contributed by atoms with Gasteiger partial charge in [0.15, 0.2) is 0 Å². The van der Waals surface area contributed by atoms with Crippen LogP contribution >= 0.6 is 15.9 Å². The number of nitrogens with zero attached hydrogens (tertiary/aromatic N) is 4. The van der Waals surface area contributed by atoms with E-state index >= 15 is 0 Å². The van der Waals surface area contributed by atoms with E-state index < -0.39 is 0 Å². The molecule has 2 aromatic rings. The molecule has 0 saturated carbocycles. The van der Waals surface area contributed by atoms with Crippen molar-refractivity contribution in [3.8, 4) is 0 Å². The summed E-state index contributed by atoms with van der Waals surface area (Å²) in [6.45, 7) is 4.58. The lowest BCUT2D eigenvalue weighted by atomic mass is 10.2. The number of hydrogen-bond donors (Lipinski definition) is 1. The first-order valence-corrected chi connectivity index (χ1v) is 6.08. The highest BCUT2D eigenvalue weighted by molar-refractivity contribution is 9.10. The lowest BCUT2D eigenvalue weighted by molar-refractivity contribution is 0.756. The van der Waals surface area contributed by atoms with Gasteiger partial charge in [-0.1, -0.05) is 0 Å². The molecule has 90 valence electrons. The van der Waals surface area contributed by atoms with Gasteiger partial charge in [0, 0.05) is 31.4 Å². The summed E-state index contributed by atoms with van der Waals surface area (Å²) in [7, 11) is 1.92. The summed E-state index contributed by atoms with van der Waals surface area (Å²) >= 11 is 3.35. The zero-order chi connectivity index (χ0) is 12.4. The van der Waals surface area contributed by atoms with Gasteiger partial charge in [-0.05, 0) is 29.8 Å². The van der Waals surface area contributed by atoms with Crippen LogP contribution in [0.2, 0.25) is 0 Å². The number of aromatic nitrogens is 4. The smallest absolute Gasteiger partial charge is 0.131 e. The molecule has 0 fully saturated rings. The zero-order valence-electron chi connectivity index (χ0n) is 10.0. The maximum Gasteiger partial charge on any atom is 0.131 e. The molecular formula is C11H14BrN5. The van der Waals surface area contributed by atoms with Crippen molar-refractivity contribution in [2.75, 3.05) is 5.32 Å². The van der Waals surface area contributed by atoms with Gasteiger partial charge in [-0.15, -0.1) is 0 Å².